The van der Waals surface area contributed by atoms with Gasteiger partial charge in [-0.2, -0.15) is 0 Å². The summed E-state index contributed by atoms with van der Waals surface area (Å²) in [5.74, 6) is -7.14. The van der Waals surface area contributed by atoms with Crippen molar-refractivity contribution in [3.63, 3.8) is 0 Å². The summed E-state index contributed by atoms with van der Waals surface area (Å²) in [5.41, 5.74) is 20.7. The molecule has 2 bridgehead atoms. The number of ether oxygens (including phenoxy) is 15. The van der Waals surface area contributed by atoms with Crippen molar-refractivity contribution in [2.45, 2.75) is 263 Å². The molecule has 1 saturated carbocycles. The minimum absolute atomic E-state index is 0.00389. The highest BCUT2D eigenvalue weighted by molar-refractivity contribution is 7.91. The molecule has 2 saturated heterocycles. The van der Waals surface area contributed by atoms with Crippen molar-refractivity contribution in [2.75, 3.05) is 159 Å². The Morgan fingerprint density at radius 3 is 1.96 bits per heavy atom. The van der Waals surface area contributed by atoms with Crippen molar-refractivity contribution >= 4 is 56.8 Å². The van der Waals surface area contributed by atoms with Crippen LogP contribution in [0.1, 0.15) is 206 Å². The summed E-state index contributed by atoms with van der Waals surface area (Å²) in [5, 5.41) is 27.9. The molecule has 0 unspecified atom stereocenters. The number of nitrogens with zero attached hydrogens (tertiary/aromatic N) is 6. The number of piperidine rings is 1. The van der Waals surface area contributed by atoms with E-state index in [1.165, 1.54) is 31.3 Å². The molecule has 8 rings (SSSR count). The summed E-state index contributed by atoms with van der Waals surface area (Å²) in [4.78, 5) is 106. The number of benzene rings is 2. The highest BCUT2D eigenvalue weighted by Gasteiger charge is 2.53. The minimum Gasteiger partial charge on any atom is -0.491 e. The molecule has 5 heterocycles. The maximum Gasteiger partial charge on any atom is 0.329 e. The van der Waals surface area contributed by atoms with E-state index in [0.29, 0.717) is 192 Å². The first-order valence-corrected chi connectivity index (χ1v) is 49.7. The first kappa shape index (κ1) is 115. The molecule has 4 aliphatic heterocycles. The van der Waals surface area contributed by atoms with Gasteiger partial charge in [0.25, 0.3) is 17.6 Å². The number of hydrogen-bond donors (Lipinski definition) is 3. The Kier molecular flexibility index (Phi) is 53.6. The number of fused-ring (bicyclic) bond motifs is 4. The summed E-state index contributed by atoms with van der Waals surface area (Å²) in [6, 6.07) is 12.0. The quantitative estimate of drug-likeness (QED) is 0.00903. The van der Waals surface area contributed by atoms with Crippen molar-refractivity contribution in [1.82, 2.24) is 14.8 Å². The standard InChI is InChI=1S/C56H88N4O14.C29H33N3O6S.C16H34O6/c1-34-18-13-12-14-19-35(2)46(69-9)32-42-24-22-40(7)56(67,74-42)53(64)54(65)60-26-16-15-20-44(60)55(66)73-47(37(4)30-41-23-25-45(48(31-41)70-10)72-49(61)21-17-27-68-8)33-43(58-59-57)36(3)29-39(6)51(63)52(71-11)50(62)38(5)28-34;1-20-16-25(39(35,36)15-3-4-24(33)11-13-37-2)7-8-26(20)29(34)32-12-14-38-27-9-5-21(17-23(27)19-32)22-6-10-28(30)31-18-22;1-3-5-17-7-9-19-11-13-21-15-16-22-14-12-20-10-8-18-6-4-2/h12-14,18-19,29,34,36-38,40-48,51-52,63,67H,15-17,20-28,30-33H2,1-11H3;5-10,16-18H,3-4,11-15,19H2,1-2H3,(H2,30,31);3-16H2,1-2H3/b14-12+,18-13+,35-19+,39-29+;;/t34-,36-,37-,38-,40-,41+,42+,43+,44+,45-,46+,47+,48-,51-,52+,56-;;/m1../s1. The molecular formula is C101H155N7O26S. The molecule has 1 aromatic heterocycles. The normalized spacial score (nSPS) is 26.3. The van der Waals surface area contributed by atoms with E-state index in [9.17, 15) is 57.7 Å². The Balaban J connectivity index is 0.000000377. The van der Waals surface area contributed by atoms with Crippen LogP contribution in [-0.4, -0.2) is 289 Å². The molecule has 3 fully saturated rings. The van der Waals surface area contributed by atoms with Gasteiger partial charge in [0.1, 0.15) is 54.4 Å². The fourth-order valence-corrected chi connectivity index (χ4v) is 18.5. The molecule has 0 radical (unpaired) electrons. The van der Waals surface area contributed by atoms with Gasteiger partial charge in [0, 0.05) is 140 Å². The number of rotatable bonds is 41. The van der Waals surface area contributed by atoms with E-state index >= 15 is 0 Å². The number of esters is 2. The third kappa shape index (κ3) is 39.2. The number of methoxy groups -OCH3 is 5. The molecule has 5 aliphatic rings. The largest absolute Gasteiger partial charge is 0.491 e. The van der Waals surface area contributed by atoms with Crippen LogP contribution in [0.2, 0.25) is 0 Å². The average molecular weight is 1920 g/mol. The Bertz CT molecular complexity index is 4370. The molecule has 33 nitrogen and oxygen atoms in total. The number of Topliss-reactive ketones (excluding diaryl/α,β-unsaturated/α-hetero) is 3. The Morgan fingerprint density at radius 1 is 0.696 bits per heavy atom. The number of ketones is 3. The van der Waals surface area contributed by atoms with Gasteiger partial charge in [-0.3, -0.25) is 28.8 Å². The summed E-state index contributed by atoms with van der Waals surface area (Å²) in [6.45, 7) is 28.4. The maximum absolute atomic E-state index is 14.7. The second-order valence-electron chi connectivity index (χ2n) is 35.8. The number of aliphatic hydroxyl groups is 2. The molecule has 135 heavy (non-hydrogen) atoms. The summed E-state index contributed by atoms with van der Waals surface area (Å²) < 4.78 is 110. The second kappa shape index (κ2) is 62.6. The van der Waals surface area contributed by atoms with E-state index in [1.807, 2.05) is 89.3 Å². The van der Waals surface area contributed by atoms with Crippen LogP contribution >= 0.6 is 0 Å². The third-order valence-electron chi connectivity index (χ3n) is 25.1. The molecule has 34 heteroatoms. The number of aryl methyl sites for hydroxylation is 1. The number of amides is 2. The lowest BCUT2D eigenvalue weighted by molar-refractivity contribution is -0.265. The SMILES string of the molecule is CCCOCCOCCOCCOCCOCCOCCC.COCCC(=O)CCCS(=O)(=O)c1ccc(C(=O)N2CCOc3ccc(-c4ccc(N)nc4)cc3C2)c(C)c1.COCCCC(=O)O[C@@H]1CC[C@@H](C[C@@H](C)[C@@H]2C[C@H](N=[N+]=[N-])[C@H](C)/C=C(\C)[C@@H](O)[C@@H](OC)C(=O)[C@H](C)C[C@H](C)/C=C/C=C/C=C(\C)[C@@H](OC)C[C@@H]3CC[C@@H](C)[C@@](O)(O3)C(=O)C(=O)N3CCCC[C@H]3C(=O)O2)C[C@H]1OC. The van der Waals surface area contributed by atoms with Crippen LogP contribution < -0.4 is 10.5 Å². The van der Waals surface area contributed by atoms with Gasteiger partial charge in [0.2, 0.25) is 5.79 Å². The highest BCUT2D eigenvalue weighted by Crippen LogP contribution is 2.40. The lowest BCUT2D eigenvalue weighted by atomic mass is 9.78. The van der Waals surface area contributed by atoms with Gasteiger partial charge < -0.3 is 96.8 Å². The van der Waals surface area contributed by atoms with Gasteiger partial charge in [-0.1, -0.05) is 96.1 Å². The zero-order chi connectivity index (χ0) is 98.8. The maximum atomic E-state index is 14.7. The zero-order valence-electron chi connectivity index (χ0n) is 82.6. The second-order valence-corrected chi connectivity index (χ2v) is 37.9. The van der Waals surface area contributed by atoms with Crippen LogP contribution in [0.15, 0.2) is 112 Å². The lowest BCUT2D eigenvalue weighted by Gasteiger charge is -2.43. The minimum atomic E-state index is -3.59. The predicted molar refractivity (Wildman–Crippen MR) is 512 cm³/mol. The van der Waals surface area contributed by atoms with Crippen LogP contribution in [0.3, 0.4) is 0 Å². The van der Waals surface area contributed by atoms with Gasteiger partial charge in [-0.25, -0.2) is 18.2 Å². The number of carbonyl (C=O) groups excluding carboxylic acids is 7. The molecule has 16 atom stereocenters. The molecule has 2 amide bonds. The monoisotopic (exact) mass is 1910 g/mol. The fourth-order valence-electron chi connectivity index (χ4n) is 17.2. The Hall–Kier alpha value is -8.26. The summed E-state index contributed by atoms with van der Waals surface area (Å²) in [7, 11) is 4.06. The number of carbonyl (C=O) groups is 7. The number of pyridine rings is 1. The van der Waals surface area contributed by atoms with Crippen molar-refractivity contribution in [3.8, 4) is 16.9 Å². The first-order valence-electron chi connectivity index (χ1n) is 48.1. The molecule has 1 aliphatic carbocycles. The highest BCUT2D eigenvalue weighted by atomic mass is 32.2. The number of nitrogens with two attached hydrogens (primary N) is 1. The van der Waals surface area contributed by atoms with E-state index in [4.69, 9.17) is 76.8 Å². The first-order chi connectivity index (χ1) is 64.8. The number of anilines is 1. The number of cyclic esters (lactones) is 1. The van der Waals surface area contributed by atoms with Gasteiger partial charge in [0.15, 0.2) is 15.6 Å². The van der Waals surface area contributed by atoms with Crippen molar-refractivity contribution < 1.29 is 123 Å². The topological polar surface area (TPSA) is 427 Å². The number of aliphatic hydroxyl groups excluding tert-OH is 1. The molecule has 2 aromatic carbocycles. The number of sulfone groups is 1. The third-order valence-corrected chi connectivity index (χ3v) is 26.9. The Morgan fingerprint density at radius 2 is 1.36 bits per heavy atom. The van der Waals surface area contributed by atoms with E-state index < -0.39 is 99.7 Å². The summed E-state index contributed by atoms with van der Waals surface area (Å²) in [6.07, 6.45) is 16.8. The average Bonchev–Trinajstić information content (AvgIpc) is 1.36. The van der Waals surface area contributed by atoms with E-state index in [0.717, 1.165) is 54.1 Å². The van der Waals surface area contributed by atoms with Crippen molar-refractivity contribution in [2.24, 2.45) is 40.6 Å². The van der Waals surface area contributed by atoms with Gasteiger partial charge >= 0.3 is 11.9 Å². The van der Waals surface area contributed by atoms with E-state index in [1.54, 1.807) is 71.4 Å². The summed E-state index contributed by atoms with van der Waals surface area (Å²) >= 11 is 0. The van der Waals surface area contributed by atoms with E-state index in [-0.39, 0.29) is 103 Å². The lowest BCUT2D eigenvalue weighted by Crippen LogP contribution is -2.61. The van der Waals surface area contributed by atoms with Crippen LogP contribution in [0.5, 0.6) is 5.75 Å². The van der Waals surface area contributed by atoms with Crippen LogP contribution in [0.4, 0.5) is 5.82 Å². The molecular weight excluding hydrogens is 1760 g/mol. The molecule has 4 N–H and O–H groups in total. The predicted octanol–water partition coefficient (Wildman–Crippen LogP) is 14.0. The number of aromatic nitrogens is 1. The Labute approximate surface area is 800 Å². The molecule has 3 aromatic rings. The van der Waals surface area contributed by atoms with Crippen molar-refractivity contribution in [3.05, 3.63) is 129 Å². The van der Waals surface area contributed by atoms with Crippen molar-refractivity contribution in [1.29, 1.82) is 0 Å². The van der Waals surface area contributed by atoms with E-state index in [2.05, 4.69) is 28.9 Å². The van der Waals surface area contributed by atoms with Gasteiger partial charge in [-0.05, 0) is 211 Å². The smallest absolute Gasteiger partial charge is 0.329 e. The number of azide groups is 1. The van der Waals surface area contributed by atoms with Gasteiger partial charge in [0.05, 0.1) is 108 Å². The molecule has 756 valence electrons. The van der Waals surface area contributed by atoms with Crippen LogP contribution in [0.25, 0.3) is 21.6 Å². The number of nitrogen functional groups attached to an aromatic ring is 1. The van der Waals surface area contributed by atoms with Gasteiger partial charge in [-0.15, -0.1) is 0 Å². The van der Waals surface area contributed by atoms with Crippen LogP contribution in [0, 0.1) is 42.4 Å². The molecule has 0 spiro atoms. The number of hydrogen-bond acceptors (Lipinski definition) is 29. The zero-order valence-corrected chi connectivity index (χ0v) is 83.4. The van der Waals surface area contributed by atoms with Crippen LogP contribution in [-0.2, 0) is 111 Å². The fraction of sp³-hybridized carbons (Fsp3) is 0.683. The number of allylic oxidation sites excluding steroid dienone is 5.